The van der Waals surface area contributed by atoms with Crippen molar-refractivity contribution in [2.24, 2.45) is 5.41 Å². The van der Waals surface area contributed by atoms with Gasteiger partial charge in [0.2, 0.25) is 5.91 Å². The Kier molecular flexibility index (Phi) is 4.05. The molecule has 1 amide bonds. The average Bonchev–Trinajstić information content (AvgIpc) is 2.18. The molecule has 0 saturated carbocycles. The van der Waals surface area contributed by atoms with Gasteiger partial charge in [0.1, 0.15) is 5.82 Å². The first kappa shape index (κ1) is 12.7. The molecule has 16 heavy (non-hydrogen) atoms. The van der Waals surface area contributed by atoms with E-state index < -0.39 is 5.82 Å². The SMILES string of the molecule is CC(C)(C)CCC(=O)Nc1ccccc1F. The highest BCUT2D eigenvalue weighted by Gasteiger charge is 2.13. The Bertz CT molecular complexity index is 368. The van der Waals surface area contributed by atoms with Gasteiger partial charge in [0.15, 0.2) is 0 Å². The predicted molar refractivity (Wildman–Crippen MR) is 63.7 cm³/mol. The number of halogens is 1. The van der Waals surface area contributed by atoms with Gasteiger partial charge in [-0.15, -0.1) is 0 Å². The number of nitrogens with one attached hydrogen (secondary N) is 1. The first-order valence-electron chi connectivity index (χ1n) is 5.43. The molecule has 0 aromatic heterocycles. The molecule has 2 nitrogen and oxygen atoms in total. The van der Waals surface area contributed by atoms with Crippen LogP contribution in [0.25, 0.3) is 0 Å². The number of para-hydroxylation sites is 1. The molecule has 3 heteroatoms. The van der Waals surface area contributed by atoms with Crippen LogP contribution in [0.5, 0.6) is 0 Å². The maximum atomic E-state index is 13.2. The highest BCUT2D eigenvalue weighted by Crippen LogP contribution is 2.21. The summed E-state index contributed by atoms with van der Waals surface area (Å²) in [5, 5.41) is 2.57. The van der Waals surface area contributed by atoms with Gasteiger partial charge in [-0.1, -0.05) is 32.9 Å². The van der Waals surface area contributed by atoms with Crippen LogP contribution >= 0.6 is 0 Å². The summed E-state index contributed by atoms with van der Waals surface area (Å²) >= 11 is 0. The predicted octanol–water partition coefficient (Wildman–Crippen LogP) is 3.59. The summed E-state index contributed by atoms with van der Waals surface area (Å²) in [5.74, 6) is -0.536. The van der Waals surface area contributed by atoms with Crippen molar-refractivity contribution in [2.75, 3.05) is 5.32 Å². The fourth-order valence-corrected chi connectivity index (χ4v) is 1.26. The maximum Gasteiger partial charge on any atom is 0.224 e. The van der Waals surface area contributed by atoms with E-state index in [1.165, 1.54) is 6.07 Å². The third-order valence-corrected chi connectivity index (χ3v) is 2.25. The lowest BCUT2D eigenvalue weighted by Crippen LogP contribution is -2.16. The highest BCUT2D eigenvalue weighted by molar-refractivity contribution is 5.90. The summed E-state index contributed by atoms with van der Waals surface area (Å²) in [6, 6.07) is 6.19. The lowest BCUT2D eigenvalue weighted by atomic mass is 9.90. The van der Waals surface area contributed by atoms with Gasteiger partial charge in [-0.2, -0.15) is 0 Å². The van der Waals surface area contributed by atoms with Crippen molar-refractivity contribution < 1.29 is 9.18 Å². The standard InChI is InChI=1S/C13H18FNO/c1-13(2,3)9-8-12(16)15-11-7-5-4-6-10(11)14/h4-7H,8-9H2,1-3H3,(H,15,16). The molecule has 0 unspecified atom stereocenters. The molecule has 0 spiro atoms. The van der Waals surface area contributed by atoms with Crippen LogP contribution < -0.4 is 5.32 Å². The van der Waals surface area contributed by atoms with Gasteiger partial charge in [-0.3, -0.25) is 4.79 Å². The molecular formula is C13H18FNO. The molecule has 1 aromatic carbocycles. The number of rotatable bonds is 3. The van der Waals surface area contributed by atoms with Crippen LogP contribution in [-0.2, 0) is 4.79 Å². The van der Waals surface area contributed by atoms with Crippen molar-refractivity contribution in [2.45, 2.75) is 33.6 Å². The average molecular weight is 223 g/mol. The normalized spacial score (nSPS) is 11.2. The Balaban J connectivity index is 2.50. The highest BCUT2D eigenvalue weighted by atomic mass is 19.1. The molecule has 1 N–H and O–H groups in total. The second kappa shape index (κ2) is 5.10. The van der Waals surface area contributed by atoms with E-state index in [2.05, 4.69) is 26.1 Å². The van der Waals surface area contributed by atoms with Crippen molar-refractivity contribution in [3.05, 3.63) is 30.1 Å². The number of carbonyl (C=O) groups is 1. The number of amides is 1. The summed E-state index contributed by atoms with van der Waals surface area (Å²) < 4.78 is 13.2. The zero-order chi connectivity index (χ0) is 12.2. The second-order valence-electron chi connectivity index (χ2n) is 5.09. The number of anilines is 1. The van der Waals surface area contributed by atoms with Crippen LogP contribution in [0, 0.1) is 11.2 Å². The Morgan fingerprint density at radius 2 is 1.94 bits per heavy atom. The number of hydrogen-bond acceptors (Lipinski definition) is 1. The van der Waals surface area contributed by atoms with Crippen LogP contribution in [0.15, 0.2) is 24.3 Å². The minimum Gasteiger partial charge on any atom is -0.324 e. The molecule has 0 atom stereocenters. The van der Waals surface area contributed by atoms with Crippen LogP contribution in [0.3, 0.4) is 0 Å². The van der Waals surface area contributed by atoms with Crippen LogP contribution in [0.2, 0.25) is 0 Å². The van der Waals surface area contributed by atoms with E-state index >= 15 is 0 Å². The van der Waals surface area contributed by atoms with Gasteiger partial charge in [-0.25, -0.2) is 4.39 Å². The monoisotopic (exact) mass is 223 g/mol. The smallest absolute Gasteiger partial charge is 0.224 e. The number of hydrogen-bond donors (Lipinski definition) is 1. The fourth-order valence-electron chi connectivity index (χ4n) is 1.26. The molecule has 0 heterocycles. The quantitative estimate of drug-likeness (QED) is 0.833. The van der Waals surface area contributed by atoms with Crippen molar-refractivity contribution in [3.8, 4) is 0 Å². The van der Waals surface area contributed by atoms with Crippen molar-refractivity contribution in [1.29, 1.82) is 0 Å². The van der Waals surface area contributed by atoms with Crippen molar-refractivity contribution >= 4 is 11.6 Å². The van der Waals surface area contributed by atoms with Gasteiger partial charge in [0.25, 0.3) is 0 Å². The molecular weight excluding hydrogens is 205 g/mol. The summed E-state index contributed by atoms with van der Waals surface area (Å²) in [4.78, 5) is 11.5. The minimum absolute atomic E-state index is 0.118. The molecule has 0 aliphatic heterocycles. The Morgan fingerprint density at radius 3 is 2.50 bits per heavy atom. The molecule has 1 aromatic rings. The third-order valence-electron chi connectivity index (χ3n) is 2.25. The molecule has 0 saturated heterocycles. The largest absolute Gasteiger partial charge is 0.324 e. The van der Waals surface area contributed by atoms with E-state index in [9.17, 15) is 9.18 Å². The summed E-state index contributed by atoms with van der Waals surface area (Å²) in [6.07, 6.45) is 1.20. The molecule has 0 fully saturated rings. The first-order chi connectivity index (χ1) is 7.38. The number of benzene rings is 1. The zero-order valence-electron chi connectivity index (χ0n) is 10.0. The van der Waals surface area contributed by atoms with Gasteiger partial charge in [0, 0.05) is 6.42 Å². The lowest BCUT2D eigenvalue weighted by molar-refractivity contribution is -0.116. The van der Waals surface area contributed by atoms with E-state index in [0.29, 0.717) is 6.42 Å². The Morgan fingerprint density at radius 1 is 1.31 bits per heavy atom. The molecule has 0 aliphatic rings. The maximum absolute atomic E-state index is 13.2. The fraction of sp³-hybridized carbons (Fsp3) is 0.462. The van der Waals surface area contributed by atoms with E-state index in [0.717, 1.165) is 6.42 Å². The van der Waals surface area contributed by atoms with Gasteiger partial charge < -0.3 is 5.32 Å². The second-order valence-corrected chi connectivity index (χ2v) is 5.09. The van der Waals surface area contributed by atoms with E-state index in [1.54, 1.807) is 18.2 Å². The van der Waals surface area contributed by atoms with Crippen LogP contribution in [-0.4, -0.2) is 5.91 Å². The number of carbonyl (C=O) groups excluding carboxylic acids is 1. The minimum atomic E-state index is -0.397. The first-order valence-corrected chi connectivity index (χ1v) is 5.43. The summed E-state index contributed by atoms with van der Waals surface area (Å²) in [5.41, 5.74) is 0.369. The van der Waals surface area contributed by atoms with Crippen LogP contribution in [0.1, 0.15) is 33.6 Å². The van der Waals surface area contributed by atoms with E-state index in [1.807, 2.05) is 0 Å². The van der Waals surface area contributed by atoms with E-state index in [-0.39, 0.29) is 17.0 Å². The van der Waals surface area contributed by atoms with E-state index in [4.69, 9.17) is 0 Å². The van der Waals surface area contributed by atoms with Crippen molar-refractivity contribution in [1.82, 2.24) is 0 Å². The topological polar surface area (TPSA) is 29.1 Å². The lowest BCUT2D eigenvalue weighted by Gasteiger charge is -2.17. The van der Waals surface area contributed by atoms with Crippen molar-refractivity contribution in [3.63, 3.8) is 0 Å². The molecule has 0 radical (unpaired) electrons. The molecule has 1 rings (SSSR count). The Labute approximate surface area is 95.9 Å². The summed E-state index contributed by atoms with van der Waals surface area (Å²) in [6.45, 7) is 6.22. The Hall–Kier alpha value is -1.38. The molecule has 0 aliphatic carbocycles. The third kappa shape index (κ3) is 4.43. The van der Waals surface area contributed by atoms with Gasteiger partial charge >= 0.3 is 0 Å². The van der Waals surface area contributed by atoms with Crippen LogP contribution in [0.4, 0.5) is 10.1 Å². The molecule has 88 valence electrons. The molecule has 0 bridgehead atoms. The van der Waals surface area contributed by atoms with Gasteiger partial charge in [-0.05, 0) is 24.0 Å². The summed E-state index contributed by atoms with van der Waals surface area (Å²) in [7, 11) is 0. The van der Waals surface area contributed by atoms with Gasteiger partial charge in [0.05, 0.1) is 5.69 Å². The zero-order valence-corrected chi connectivity index (χ0v) is 10.0.